The third-order valence-electron chi connectivity index (χ3n) is 7.57. The van der Waals surface area contributed by atoms with Crippen LogP contribution in [0.15, 0.2) is 67.0 Å². The molecule has 0 radical (unpaired) electrons. The van der Waals surface area contributed by atoms with E-state index in [2.05, 4.69) is 10.3 Å². The number of pyridine rings is 1. The van der Waals surface area contributed by atoms with Crippen LogP contribution >= 0.6 is 0 Å². The van der Waals surface area contributed by atoms with Crippen molar-refractivity contribution in [1.82, 2.24) is 10.3 Å². The summed E-state index contributed by atoms with van der Waals surface area (Å²) in [4.78, 5) is 41.7. The minimum absolute atomic E-state index is 0.138. The van der Waals surface area contributed by atoms with Gasteiger partial charge in [0, 0.05) is 30.6 Å². The second-order valence-electron chi connectivity index (χ2n) is 10.4. The molecule has 1 aromatic heterocycles. The van der Waals surface area contributed by atoms with Gasteiger partial charge in [-0.3, -0.25) is 19.4 Å². The lowest BCUT2D eigenvalue weighted by molar-refractivity contribution is -0.142. The van der Waals surface area contributed by atoms with Crippen LogP contribution in [0.4, 0.5) is 0 Å². The van der Waals surface area contributed by atoms with Gasteiger partial charge in [0.25, 0.3) is 0 Å². The van der Waals surface area contributed by atoms with Gasteiger partial charge in [0.2, 0.25) is 11.8 Å². The van der Waals surface area contributed by atoms with Crippen LogP contribution in [0.5, 0.6) is 0 Å². The minimum atomic E-state index is -1.58. The zero-order chi connectivity index (χ0) is 27.9. The SMILES string of the molecule is NC(=O)c1ccccc1C(C=CC(=O)NCCCCC1CCCCC1)(CCCC=Cc1cccnc1)C(=O)O. The Bertz CT molecular complexity index is 1140. The van der Waals surface area contributed by atoms with Gasteiger partial charge in [0.15, 0.2) is 0 Å². The Morgan fingerprint density at radius 2 is 1.85 bits per heavy atom. The second-order valence-corrected chi connectivity index (χ2v) is 10.4. The summed E-state index contributed by atoms with van der Waals surface area (Å²) in [5.74, 6) is -1.37. The first-order valence-corrected chi connectivity index (χ1v) is 14.1. The molecule has 0 saturated heterocycles. The van der Waals surface area contributed by atoms with E-state index in [9.17, 15) is 19.5 Å². The molecule has 1 saturated carbocycles. The Kier molecular flexibility index (Phi) is 11.9. The molecule has 1 atom stereocenters. The van der Waals surface area contributed by atoms with Gasteiger partial charge in [0.05, 0.1) is 0 Å². The van der Waals surface area contributed by atoms with Crippen molar-refractivity contribution < 1.29 is 19.5 Å². The zero-order valence-electron chi connectivity index (χ0n) is 22.7. The largest absolute Gasteiger partial charge is 0.480 e. The van der Waals surface area contributed by atoms with Crippen molar-refractivity contribution in [2.45, 2.75) is 76.0 Å². The lowest BCUT2D eigenvalue weighted by Gasteiger charge is -2.28. The molecule has 1 aliphatic rings. The van der Waals surface area contributed by atoms with E-state index >= 15 is 0 Å². The first kappa shape index (κ1) is 29.8. The summed E-state index contributed by atoms with van der Waals surface area (Å²) in [6.07, 6.45) is 21.2. The molecule has 4 N–H and O–H groups in total. The lowest BCUT2D eigenvalue weighted by Crippen LogP contribution is -2.37. The molecule has 1 heterocycles. The molecule has 1 aromatic carbocycles. The third-order valence-corrected chi connectivity index (χ3v) is 7.57. The average Bonchev–Trinajstić information content (AvgIpc) is 2.95. The number of nitrogens with two attached hydrogens (primary N) is 1. The number of nitrogens with zero attached hydrogens (tertiary/aromatic N) is 1. The molecule has 1 aliphatic carbocycles. The number of carbonyl (C=O) groups is 3. The highest BCUT2D eigenvalue weighted by molar-refractivity contribution is 5.98. The van der Waals surface area contributed by atoms with Crippen LogP contribution in [0.2, 0.25) is 0 Å². The van der Waals surface area contributed by atoms with Gasteiger partial charge >= 0.3 is 5.97 Å². The number of carboxylic acids is 1. The number of hydrogen-bond acceptors (Lipinski definition) is 4. The smallest absolute Gasteiger partial charge is 0.318 e. The number of aromatic nitrogens is 1. The van der Waals surface area contributed by atoms with Crippen LogP contribution in [-0.4, -0.2) is 34.4 Å². The van der Waals surface area contributed by atoms with Crippen molar-refractivity contribution in [1.29, 1.82) is 0 Å². The van der Waals surface area contributed by atoms with Crippen LogP contribution in [0.1, 0.15) is 92.1 Å². The summed E-state index contributed by atoms with van der Waals surface area (Å²) in [7, 11) is 0. The zero-order valence-corrected chi connectivity index (χ0v) is 22.7. The number of amides is 2. The highest BCUT2D eigenvalue weighted by Crippen LogP contribution is 2.35. The van der Waals surface area contributed by atoms with Crippen molar-refractivity contribution in [3.63, 3.8) is 0 Å². The highest BCUT2D eigenvalue weighted by atomic mass is 16.4. The van der Waals surface area contributed by atoms with Crippen LogP contribution in [-0.2, 0) is 15.0 Å². The molecule has 0 bridgehead atoms. The van der Waals surface area contributed by atoms with Crippen LogP contribution in [0, 0.1) is 5.92 Å². The van der Waals surface area contributed by atoms with E-state index in [0.29, 0.717) is 19.4 Å². The molecule has 1 fully saturated rings. The first-order valence-electron chi connectivity index (χ1n) is 14.1. The van der Waals surface area contributed by atoms with Gasteiger partial charge in [-0.05, 0) is 54.9 Å². The Balaban J connectivity index is 1.67. The molecule has 2 amide bonds. The van der Waals surface area contributed by atoms with Gasteiger partial charge in [0.1, 0.15) is 5.41 Å². The molecule has 2 aromatic rings. The quantitative estimate of drug-likeness (QED) is 0.198. The Morgan fingerprint density at radius 1 is 1.05 bits per heavy atom. The molecule has 7 nitrogen and oxygen atoms in total. The third kappa shape index (κ3) is 9.20. The average molecular weight is 532 g/mol. The van der Waals surface area contributed by atoms with Gasteiger partial charge in [-0.1, -0.05) is 87.4 Å². The summed E-state index contributed by atoms with van der Waals surface area (Å²) in [5.41, 5.74) is 5.41. The first-order chi connectivity index (χ1) is 18.9. The monoisotopic (exact) mass is 531 g/mol. The van der Waals surface area contributed by atoms with Gasteiger partial charge in [-0.2, -0.15) is 0 Å². The summed E-state index contributed by atoms with van der Waals surface area (Å²) in [6, 6.07) is 10.2. The number of carbonyl (C=O) groups excluding carboxylic acids is 2. The Morgan fingerprint density at radius 3 is 2.56 bits per heavy atom. The number of rotatable bonds is 15. The standard InChI is InChI=1S/C32H41N3O4/c33-30(37)27-17-6-7-18-28(27)32(31(38)39,20-9-2-5-15-26-16-11-22-34-24-26)21-19-29(36)35-23-10-8-14-25-12-3-1-4-13-25/h5-7,11,15-19,21-22,24-25H,1-4,8-10,12-14,20,23H2,(H2,33,37)(H,35,36)(H,38,39). The molecule has 1 unspecified atom stereocenters. The highest BCUT2D eigenvalue weighted by Gasteiger charge is 2.40. The maximum atomic E-state index is 12.8. The Hall–Kier alpha value is -3.74. The van der Waals surface area contributed by atoms with Crippen molar-refractivity contribution in [3.8, 4) is 0 Å². The van der Waals surface area contributed by atoms with Crippen molar-refractivity contribution >= 4 is 23.9 Å². The van der Waals surface area contributed by atoms with Gasteiger partial charge < -0.3 is 16.2 Å². The molecular formula is C32H41N3O4. The molecule has 0 aliphatic heterocycles. The van der Waals surface area contributed by atoms with E-state index in [1.807, 2.05) is 24.3 Å². The van der Waals surface area contributed by atoms with E-state index in [-0.39, 0.29) is 23.5 Å². The summed E-state index contributed by atoms with van der Waals surface area (Å²) >= 11 is 0. The summed E-state index contributed by atoms with van der Waals surface area (Å²) in [6.45, 7) is 0.549. The molecule has 3 rings (SSSR count). The van der Waals surface area contributed by atoms with Gasteiger partial charge in [-0.15, -0.1) is 0 Å². The molecule has 208 valence electrons. The number of benzene rings is 1. The van der Waals surface area contributed by atoms with Crippen LogP contribution in [0.3, 0.4) is 0 Å². The number of unbranched alkanes of at least 4 members (excludes halogenated alkanes) is 2. The van der Waals surface area contributed by atoms with Crippen LogP contribution in [0.25, 0.3) is 6.08 Å². The predicted molar refractivity (Wildman–Crippen MR) is 154 cm³/mol. The number of aliphatic carboxylic acids is 1. The van der Waals surface area contributed by atoms with E-state index in [1.54, 1.807) is 30.6 Å². The van der Waals surface area contributed by atoms with E-state index in [1.165, 1.54) is 56.7 Å². The normalized spacial score (nSPS) is 15.8. The molecule has 39 heavy (non-hydrogen) atoms. The van der Waals surface area contributed by atoms with Crippen molar-refractivity contribution in [3.05, 3.63) is 83.7 Å². The summed E-state index contributed by atoms with van der Waals surface area (Å²) < 4.78 is 0. The number of primary amides is 1. The molecule has 0 spiro atoms. The van der Waals surface area contributed by atoms with Crippen molar-refractivity contribution in [2.24, 2.45) is 11.7 Å². The van der Waals surface area contributed by atoms with Gasteiger partial charge in [-0.25, -0.2) is 0 Å². The number of allylic oxidation sites excluding steroid dienone is 1. The fourth-order valence-corrected chi connectivity index (χ4v) is 5.40. The van der Waals surface area contributed by atoms with Crippen molar-refractivity contribution in [2.75, 3.05) is 6.54 Å². The second kappa shape index (κ2) is 15.6. The van der Waals surface area contributed by atoms with E-state index in [0.717, 1.165) is 24.3 Å². The Labute approximate surface area is 231 Å². The molecule has 7 heteroatoms. The lowest BCUT2D eigenvalue weighted by atomic mass is 9.74. The fourth-order valence-electron chi connectivity index (χ4n) is 5.40. The minimum Gasteiger partial charge on any atom is -0.480 e. The van der Waals surface area contributed by atoms with E-state index in [4.69, 9.17) is 5.73 Å². The maximum absolute atomic E-state index is 12.8. The fraction of sp³-hybridized carbons (Fsp3) is 0.438. The maximum Gasteiger partial charge on any atom is 0.318 e. The number of carboxylic acid groups (broad SMARTS) is 1. The van der Waals surface area contributed by atoms with E-state index < -0.39 is 17.3 Å². The predicted octanol–water partition coefficient (Wildman–Crippen LogP) is 5.81. The summed E-state index contributed by atoms with van der Waals surface area (Å²) in [5, 5.41) is 13.3. The van der Waals surface area contributed by atoms with Crippen LogP contribution < -0.4 is 11.1 Å². The topological polar surface area (TPSA) is 122 Å². The number of hydrogen-bond donors (Lipinski definition) is 3. The molecular weight excluding hydrogens is 490 g/mol. The number of nitrogens with one attached hydrogen (secondary N) is 1.